The smallest absolute Gasteiger partial charge is 0.229 e. The van der Waals surface area contributed by atoms with Crippen LogP contribution in [0, 0.1) is 5.82 Å². The molecule has 0 spiro atoms. The first-order valence-electron chi connectivity index (χ1n) is 6.57. The maximum Gasteiger partial charge on any atom is 0.229 e. The van der Waals surface area contributed by atoms with E-state index in [0.717, 1.165) is 10.2 Å². The van der Waals surface area contributed by atoms with E-state index in [1.165, 1.54) is 12.1 Å². The number of nitrogens with zero attached hydrogens (tertiary/aromatic N) is 2. The second-order valence-corrected chi connectivity index (χ2v) is 5.45. The van der Waals surface area contributed by atoms with Crippen LogP contribution in [0.3, 0.4) is 0 Å². The van der Waals surface area contributed by atoms with Crippen molar-refractivity contribution in [1.82, 2.24) is 9.97 Å². The molecule has 0 unspecified atom stereocenters. The predicted octanol–water partition coefficient (Wildman–Crippen LogP) is 4.87. The van der Waals surface area contributed by atoms with E-state index in [0.29, 0.717) is 17.5 Å². The Balaban J connectivity index is 1.78. The van der Waals surface area contributed by atoms with Crippen molar-refractivity contribution in [2.45, 2.75) is 0 Å². The summed E-state index contributed by atoms with van der Waals surface area (Å²) >= 11 is 3.42. The van der Waals surface area contributed by atoms with Crippen LogP contribution in [-0.4, -0.2) is 9.97 Å². The first-order chi connectivity index (χ1) is 10.7. The number of aromatic nitrogens is 2. The number of hydrogen-bond donors (Lipinski definition) is 2. The molecule has 0 saturated heterocycles. The Hall–Kier alpha value is -2.47. The van der Waals surface area contributed by atoms with Gasteiger partial charge in [-0.3, -0.25) is 0 Å². The third kappa shape index (κ3) is 3.79. The van der Waals surface area contributed by atoms with Gasteiger partial charge in [0.25, 0.3) is 0 Å². The topological polar surface area (TPSA) is 49.8 Å². The van der Waals surface area contributed by atoms with E-state index in [-0.39, 0.29) is 5.82 Å². The van der Waals surface area contributed by atoms with E-state index in [9.17, 15) is 4.39 Å². The lowest BCUT2D eigenvalue weighted by molar-refractivity contribution is 0.628. The first kappa shape index (κ1) is 14.5. The third-order valence-corrected chi connectivity index (χ3v) is 3.33. The highest BCUT2D eigenvalue weighted by Gasteiger charge is 2.02. The SMILES string of the molecule is Fc1cccc(Nc2nccc(Nc3cccc(Br)c3)n2)c1. The summed E-state index contributed by atoms with van der Waals surface area (Å²) in [6.07, 6.45) is 1.63. The molecular formula is C16H12BrFN4. The van der Waals surface area contributed by atoms with Gasteiger partial charge in [0.15, 0.2) is 0 Å². The molecule has 0 fully saturated rings. The van der Waals surface area contributed by atoms with E-state index in [2.05, 4.69) is 36.5 Å². The second-order valence-electron chi connectivity index (χ2n) is 4.54. The molecule has 0 bridgehead atoms. The van der Waals surface area contributed by atoms with E-state index < -0.39 is 0 Å². The molecule has 0 aliphatic carbocycles. The van der Waals surface area contributed by atoms with E-state index in [1.807, 2.05) is 24.3 Å². The lowest BCUT2D eigenvalue weighted by atomic mass is 10.3. The molecule has 6 heteroatoms. The molecule has 0 aliphatic heterocycles. The van der Waals surface area contributed by atoms with E-state index in [4.69, 9.17) is 0 Å². The summed E-state index contributed by atoms with van der Waals surface area (Å²) in [5, 5.41) is 6.16. The summed E-state index contributed by atoms with van der Waals surface area (Å²) in [6, 6.07) is 15.7. The molecule has 2 aromatic carbocycles. The maximum absolute atomic E-state index is 13.2. The molecule has 3 aromatic rings. The highest BCUT2D eigenvalue weighted by atomic mass is 79.9. The fourth-order valence-electron chi connectivity index (χ4n) is 1.90. The third-order valence-electron chi connectivity index (χ3n) is 2.83. The van der Waals surface area contributed by atoms with E-state index in [1.54, 1.807) is 24.4 Å². The van der Waals surface area contributed by atoms with Crippen LogP contribution < -0.4 is 10.6 Å². The summed E-state index contributed by atoms with van der Waals surface area (Å²) in [5.74, 6) is 0.728. The molecule has 0 aliphatic rings. The van der Waals surface area contributed by atoms with Crippen LogP contribution in [0.15, 0.2) is 65.3 Å². The minimum Gasteiger partial charge on any atom is -0.340 e. The number of nitrogens with one attached hydrogen (secondary N) is 2. The van der Waals surface area contributed by atoms with Gasteiger partial charge in [-0.1, -0.05) is 28.1 Å². The highest BCUT2D eigenvalue weighted by molar-refractivity contribution is 9.10. The monoisotopic (exact) mass is 358 g/mol. The maximum atomic E-state index is 13.2. The Labute approximate surface area is 135 Å². The number of anilines is 4. The number of halogens is 2. The molecule has 2 N–H and O–H groups in total. The van der Waals surface area contributed by atoms with Crippen LogP contribution in [-0.2, 0) is 0 Å². The Bertz CT molecular complexity index is 732. The molecule has 1 aromatic heterocycles. The van der Waals surface area contributed by atoms with Gasteiger partial charge in [0.1, 0.15) is 11.6 Å². The number of benzene rings is 2. The minimum atomic E-state index is -0.312. The summed E-state index contributed by atoms with van der Waals surface area (Å²) in [7, 11) is 0. The zero-order valence-electron chi connectivity index (χ0n) is 11.4. The van der Waals surface area contributed by atoms with Gasteiger partial charge >= 0.3 is 0 Å². The number of hydrogen-bond acceptors (Lipinski definition) is 4. The largest absolute Gasteiger partial charge is 0.340 e. The Morgan fingerprint density at radius 1 is 0.909 bits per heavy atom. The zero-order valence-corrected chi connectivity index (χ0v) is 13.0. The van der Waals surface area contributed by atoms with Crippen LogP contribution in [0.4, 0.5) is 27.5 Å². The first-order valence-corrected chi connectivity index (χ1v) is 7.36. The fourth-order valence-corrected chi connectivity index (χ4v) is 2.30. The van der Waals surface area contributed by atoms with Crippen LogP contribution >= 0.6 is 15.9 Å². The van der Waals surface area contributed by atoms with Crippen LogP contribution in [0.1, 0.15) is 0 Å². The second kappa shape index (κ2) is 6.53. The summed E-state index contributed by atoms with van der Waals surface area (Å²) in [6.45, 7) is 0. The quantitative estimate of drug-likeness (QED) is 0.698. The van der Waals surface area contributed by atoms with Gasteiger partial charge in [-0.2, -0.15) is 4.98 Å². The highest BCUT2D eigenvalue weighted by Crippen LogP contribution is 2.20. The van der Waals surface area contributed by atoms with Gasteiger partial charge < -0.3 is 10.6 Å². The molecule has 4 nitrogen and oxygen atoms in total. The van der Waals surface area contributed by atoms with Crippen molar-refractivity contribution in [1.29, 1.82) is 0 Å². The molecule has 0 atom stereocenters. The predicted molar refractivity (Wildman–Crippen MR) is 89.1 cm³/mol. The lowest BCUT2D eigenvalue weighted by Crippen LogP contribution is -2.00. The van der Waals surface area contributed by atoms with Crippen molar-refractivity contribution in [2.75, 3.05) is 10.6 Å². The Morgan fingerprint density at radius 3 is 2.45 bits per heavy atom. The van der Waals surface area contributed by atoms with Crippen LogP contribution in [0.5, 0.6) is 0 Å². The molecule has 0 amide bonds. The number of rotatable bonds is 4. The van der Waals surface area contributed by atoms with Crippen LogP contribution in [0.2, 0.25) is 0 Å². The molecule has 0 saturated carbocycles. The summed E-state index contributed by atoms with van der Waals surface area (Å²) in [4.78, 5) is 8.48. The van der Waals surface area contributed by atoms with Crippen molar-refractivity contribution < 1.29 is 4.39 Å². The fraction of sp³-hybridized carbons (Fsp3) is 0. The zero-order chi connectivity index (χ0) is 15.4. The average molecular weight is 359 g/mol. The van der Waals surface area contributed by atoms with Gasteiger partial charge in [-0.25, -0.2) is 9.37 Å². The average Bonchev–Trinajstić information content (AvgIpc) is 2.47. The minimum absolute atomic E-state index is 0.312. The van der Waals surface area contributed by atoms with Crippen molar-refractivity contribution in [2.24, 2.45) is 0 Å². The van der Waals surface area contributed by atoms with Gasteiger partial charge in [-0.05, 0) is 42.5 Å². The molecule has 3 rings (SSSR count). The molecule has 22 heavy (non-hydrogen) atoms. The molecule has 1 heterocycles. The standard InChI is InChI=1S/C16H12BrFN4/c17-11-3-1-5-13(9-11)20-15-7-8-19-16(22-15)21-14-6-2-4-12(18)10-14/h1-10H,(H2,19,20,21,22). The normalized spacial score (nSPS) is 10.3. The molecule has 0 radical (unpaired) electrons. The Morgan fingerprint density at radius 2 is 1.68 bits per heavy atom. The molecular weight excluding hydrogens is 347 g/mol. The Kier molecular flexibility index (Phi) is 4.29. The van der Waals surface area contributed by atoms with Crippen molar-refractivity contribution in [3.8, 4) is 0 Å². The molecule has 110 valence electrons. The van der Waals surface area contributed by atoms with Gasteiger partial charge in [0.2, 0.25) is 5.95 Å². The van der Waals surface area contributed by atoms with Crippen molar-refractivity contribution in [3.05, 3.63) is 71.1 Å². The summed E-state index contributed by atoms with van der Waals surface area (Å²) < 4.78 is 14.2. The van der Waals surface area contributed by atoms with Crippen molar-refractivity contribution >= 4 is 39.1 Å². The van der Waals surface area contributed by atoms with Gasteiger partial charge in [0, 0.05) is 22.0 Å². The van der Waals surface area contributed by atoms with Crippen molar-refractivity contribution in [3.63, 3.8) is 0 Å². The van der Waals surface area contributed by atoms with Gasteiger partial charge in [-0.15, -0.1) is 0 Å². The van der Waals surface area contributed by atoms with E-state index >= 15 is 0 Å². The van der Waals surface area contributed by atoms with Crippen LogP contribution in [0.25, 0.3) is 0 Å². The van der Waals surface area contributed by atoms with Gasteiger partial charge in [0.05, 0.1) is 0 Å². The lowest BCUT2D eigenvalue weighted by Gasteiger charge is -2.08. The summed E-state index contributed by atoms with van der Waals surface area (Å²) in [5.41, 5.74) is 1.50.